The monoisotopic (exact) mass is 428 g/mol. The van der Waals surface area contributed by atoms with E-state index in [4.69, 9.17) is 0 Å². The first-order valence-electron chi connectivity index (χ1n) is 10.6. The molecule has 2 N–H and O–H groups in total. The zero-order chi connectivity index (χ0) is 21.3. The van der Waals surface area contributed by atoms with Crippen molar-refractivity contribution in [3.8, 4) is 0 Å². The number of carbonyl (C=O) groups is 2. The van der Waals surface area contributed by atoms with E-state index in [0.29, 0.717) is 11.3 Å². The Bertz CT molecular complexity index is 879. The molecular formula is C24H29FN2O2S. The number of halogens is 1. The van der Waals surface area contributed by atoms with E-state index in [0.717, 1.165) is 23.3 Å². The third kappa shape index (κ3) is 6.59. The minimum absolute atomic E-state index is 0.00163. The third-order valence-electron chi connectivity index (χ3n) is 5.41. The fourth-order valence-electron chi connectivity index (χ4n) is 3.71. The number of thioether (sulfide) groups is 1. The van der Waals surface area contributed by atoms with E-state index in [9.17, 15) is 14.0 Å². The molecule has 4 nitrogen and oxygen atoms in total. The standard InChI is InChI=1S/C24H29FN2O2S/c1-17-13-14-18(25)15-21(17)27-24(29)20-11-7-8-12-22(20)30-16-23(28)26-19-9-5-3-2-4-6-10-19/h7-8,11-15,19H,2-6,9-10,16H2,1H3,(H,26,28)(H,27,29). The number of amides is 2. The lowest BCUT2D eigenvalue weighted by atomic mass is 9.97. The minimum atomic E-state index is -0.399. The molecule has 0 heterocycles. The van der Waals surface area contributed by atoms with Crippen molar-refractivity contribution in [2.75, 3.05) is 11.1 Å². The lowest BCUT2D eigenvalue weighted by Crippen LogP contribution is -2.36. The normalized spacial score (nSPS) is 15.1. The molecule has 6 heteroatoms. The van der Waals surface area contributed by atoms with E-state index in [1.165, 1.54) is 56.0 Å². The van der Waals surface area contributed by atoms with Gasteiger partial charge in [0, 0.05) is 16.6 Å². The first-order valence-corrected chi connectivity index (χ1v) is 11.6. The van der Waals surface area contributed by atoms with E-state index in [2.05, 4.69) is 10.6 Å². The van der Waals surface area contributed by atoms with Crippen LogP contribution in [0.25, 0.3) is 0 Å². The molecule has 0 radical (unpaired) electrons. The van der Waals surface area contributed by atoms with E-state index < -0.39 is 5.82 Å². The van der Waals surface area contributed by atoms with Crippen LogP contribution in [-0.4, -0.2) is 23.6 Å². The van der Waals surface area contributed by atoms with Crippen molar-refractivity contribution in [1.82, 2.24) is 5.32 Å². The van der Waals surface area contributed by atoms with Gasteiger partial charge in [-0.15, -0.1) is 11.8 Å². The van der Waals surface area contributed by atoms with Crippen LogP contribution in [0.1, 0.15) is 60.9 Å². The third-order valence-corrected chi connectivity index (χ3v) is 6.48. The molecule has 0 spiro atoms. The molecule has 1 saturated carbocycles. The quantitative estimate of drug-likeness (QED) is 0.580. The maximum atomic E-state index is 13.5. The summed E-state index contributed by atoms with van der Waals surface area (Å²) in [6, 6.07) is 11.7. The van der Waals surface area contributed by atoms with Crippen molar-refractivity contribution in [1.29, 1.82) is 0 Å². The smallest absolute Gasteiger partial charge is 0.256 e. The lowest BCUT2D eigenvalue weighted by molar-refractivity contribution is -0.119. The average Bonchev–Trinajstić information content (AvgIpc) is 2.71. The summed E-state index contributed by atoms with van der Waals surface area (Å²) in [5.74, 6) is -0.446. The Balaban J connectivity index is 1.59. The molecule has 0 unspecified atom stereocenters. The molecule has 1 aliphatic rings. The zero-order valence-corrected chi connectivity index (χ0v) is 18.2. The summed E-state index contributed by atoms with van der Waals surface area (Å²) >= 11 is 1.35. The molecule has 160 valence electrons. The second-order valence-corrected chi connectivity index (χ2v) is 8.82. The summed E-state index contributed by atoms with van der Waals surface area (Å²) in [6.07, 6.45) is 8.21. The summed E-state index contributed by atoms with van der Waals surface area (Å²) in [4.78, 5) is 26.0. The summed E-state index contributed by atoms with van der Waals surface area (Å²) in [6.45, 7) is 1.81. The van der Waals surface area contributed by atoms with E-state index in [1.54, 1.807) is 18.2 Å². The van der Waals surface area contributed by atoms with Gasteiger partial charge in [0.05, 0.1) is 11.3 Å². The van der Waals surface area contributed by atoms with E-state index in [1.807, 2.05) is 19.1 Å². The van der Waals surface area contributed by atoms with Gasteiger partial charge < -0.3 is 10.6 Å². The van der Waals surface area contributed by atoms with Crippen molar-refractivity contribution in [2.24, 2.45) is 0 Å². The predicted octanol–water partition coefficient (Wildman–Crippen LogP) is 5.71. The zero-order valence-electron chi connectivity index (χ0n) is 17.4. The van der Waals surface area contributed by atoms with Gasteiger partial charge in [-0.05, 0) is 49.6 Å². The molecule has 1 aliphatic carbocycles. The van der Waals surface area contributed by atoms with Gasteiger partial charge in [0.1, 0.15) is 5.82 Å². The van der Waals surface area contributed by atoms with Crippen LogP contribution in [-0.2, 0) is 4.79 Å². The lowest BCUT2D eigenvalue weighted by Gasteiger charge is -2.21. The molecule has 0 aromatic heterocycles. The van der Waals surface area contributed by atoms with Crippen molar-refractivity contribution >= 4 is 29.3 Å². The molecule has 30 heavy (non-hydrogen) atoms. The highest BCUT2D eigenvalue weighted by atomic mass is 32.2. The number of rotatable bonds is 6. The number of anilines is 1. The maximum absolute atomic E-state index is 13.5. The highest BCUT2D eigenvalue weighted by Crippen LogP contribution is 2.25. The second kappa shape index (κ2) is 11.2. The van der Waals surface area contributed by atoms with Crippen molar-refractivity contribution in [3.63, 3.8) is 0 Å². The van der Waals surface area contributed by atoms with Crippen LogP contribution in [0.15, 0.2) is 47.4 Å². The van der Waals surface area contributed by atoms with Crippen molar-refractivity contribution in [3.05, 3.63) is 59.4 Å². The van der Waals surface area contributed by atoms with Gasteiger partial charge in [-0.2, -0.15) is 0 Å². The summed E-state index contributed by atoms with van der Waals surface area (Å²) in [7, 11) is 0. The van der Waals surface area contributed by atoms with Crippen LogP contribution in [0.5, 0.6) is 0 Å². The average molecular weight is 429 g/mol. The Hall–Kier alpha value is -2.34. The van der Waals surface area contributed by atoms with Gasteiger partial charge in [-0.25, -0.2) is 4.39 Å². The van der Waals surface area contributed by atoms with Gasteiger partial charge in [-0.3, -0.25) is 9.59 Å². The molecule has 1 fully saturated rings. The van der Waals surface area contributed by atoms with Gasteiger partial charge in [0.25, 0.3) is 5.91 Å². The van der Waals surface area contributed by atoms with Crippen LogP contribution in [0.2, 0.25) is 0 Å². The largest absolute Gasteiger partial charge is 0.353 e. The van der Waals surface area contributed by atoms with Crippen LogP contribution in [0, 0.1) is 12.7 Å². The first kappa shape index (κ1) is 22.3. The van der Waals surface area contributed by atoms with Gasteiger partial charge >= 0.3 is 0 Å². The second-order valence-electron chi connectivity index (χ2n) is 7.81. The minimum Gasteiger partial charge on any atom is -0.353 e. The summed E-state index contributed by atoms with van der Waals surface area (Å²) < 4.78 is 13.5. The highest BCUT2D eigenvalue weighted by molar-refractivity contribution is 8.00. The van der Waals surface area contributed by atoms with Gasteiger partial charge in [0.2, 0.25) is 5.91 Å². The van der Waals surface area contributed by atoms with Crippen LogP contribution >= 0.6 is 11.8 Å². The Labute approximate surface area is 182 Å². The predicted molar refractivity (Wildman–Crippen MR) is 121 cm³/mol. The number of benzene rings is 2. The molecule has 0 aliphatic heterocycles. The van der Waals surface area contributed by atoms with Crippen LogP contribution in [0.4, 0.5) is 10.1 Å². The molecule has 3 rings (SSSR count). The Morgan fingerprint density at radius 2 is 1.73 bits per heavy atom. The molecule has 0 atom stereocenters. The van der Waals surface area contributed by atoms with E-state index >= 15 is 0 Å². The van der Waals surface area contributed by atoms with Crippen LogP contribution < -0.4 is 10.6 Å². The molecule has 0 saturated heterocycles. The maximum Gasteiger partial charge on any atom is 0.256 e. The Morgan fingerprint density at radius 1 is 1.03 bits per heavy atom. The molecular weight excluding hydrogens is 399 g/mol. The number of nitrogens with one attached hydrogen (secondary N) is 2. The topological polar surface area (TPSA) is 58.2 Å². The fourth-order valence-corrected chi connectivity index (χ4v) is 4.57. The number of hydrogen-bond acceptors (Lipinski definition) is 3. The number of aryl methyl sites for hydroxylation is 1. The van der Waals surface area contributed by atoms with E-state index in [-0.39, 0.29) is 23.6 Å². The fraction of sp³-hybridized carbons (Fsp3) is 0.417. The molecule has 0 bridgehead atoms. The summed E-state index contributed by atoms with van der Waals surface area (Å²) in [5.41, 5.74) is 1.71. The highest BCUT2D eigenvalue weighted by Gasteiger charge is 2.17. The van der Waals surface area contributed by atoms with Gasteiger partial charge in [0.15, 0.2) is 0 Å². The molecule has 2 amide bonds. The Morgan fingerprint density at radius 3 is 2.50 bits per heavy atom. The van der Waals surface area contributed by atoms with Crippen molar-refractivity contribution < 1.29 is 14.0 Å². The SMILES string of the molecule is Cc1ccc(F)cc1NC(=O)c1ccccc1SCC(=O)NC1CCCCCCC1. The first-order chi connectivity index (χ1) is 14.5. The molecule has 2 aromatic rings. The number of hydrogen-bond donors (Lipinski definition) is 2. The molecule has 2 aromatic carbocycles. The number of carbonyl (C=O) groups excluding carboxylic acids is 2. The Kier molecular flexibility index (Phi) is 8.31. The summed E-state index contributed by atoms with van der Waals surface area (Å²) in [5, 5.41) is 5.94. The van der Waals surface area contributed by atoms with Crippen molar-refractivity contribution in [2.45, 2.75) is 62.8 Å². The van der Waals surface area contributed by atoms with Gasteiger partial charge in [-0.1, -0.05) is 50.3 Å². The van der Waals surface area contributed by atoms with Crippen LogP contribution in [0.3, 0.4) is 0 Å².